The van der Waals surface area contributed by atoms with E-state index < -0.39 is 5.41 Å². The minimum absolute atomic E-state index is 0.0811. The molecule has 4 nitrogen and oxygen atoms in total. The molecule has 0 aliphatic heterocycles. The zero-order valence-electron chi connectivity index (χ0n) is 20.8. The predicted octanol–water partition coefficient (Wildman–Crippen LogP) is 6.74. The Morgan fingerprint density at radius 3 is 1.90 bits per heavy atom. The molecule has 0 atom stereocenters. The van der Waals surface area contributed by atoms with E-state index in [1.54, 1.807) is 19.0 Å². The number of hydrogen-bond donors (Lipinski definition) is 0. The number of ketones is 1. The summed E-state index contributed by atoms with van der Waals surface area (Å²) in [6, 6.07) is 0. The molecule has 0 aromatic rings. The first kappa shape index (κ1) is 29.8. The van der Waals surface area contributed by atoms with Crippen molar-refractivity contribution in [1.82, 2.24) is 4.90 Å². The zero-order valence-corrected chi connectivity index (χ0v) is 20.8. The summed E-state index contributed by atoms with van der Waals surface area (Å²) in [5, 5.41) is 0. The van der Waals surface area contributed by atoms with Crippen molar-refractivity contribution in [1.29, 1.82) is 0 Å². The lowest BCUT2D eigenvalue weighted by Crippen LogP contribution is -2.29. The van der Waals surface area contributed by atoms with Crippen LogP contribution in [0.25, 0.3) is 0 Å². The molecule has 0 aliphatic rings. The van der Waals surface area contributed by atoms with Gasteiger partial charge >= 0.3 is 5.97 Å². The highest BCUT2D eigenvalue weighted by Gasteiger charge is 2.24. The Bertz CT molecular complexity index is 483. The maximum atomic E-state index is 12.2. The van der Waals surface area contributed by atoms with E-state index in [0.29, 0.717) is 6.42 Å². The summed E-state index contributed by atoms with van der Waals surface area (Å²) in [5.41, 5.74) is -0.791. The van der Waals surface area contributed by atoms with Gasteiger partial charge in [0, 0.05) is 18.3 Å². The lowest BCUT2D eigenvalue weighted by molar-refractivity contribution is -0.147. The van der Waals surface area contributed by atoms with Crippen LogP contribution in [0.15, 0.2) is 12.2 Å². The van der Waals surface area contributed by atoms with Crippen molar-refractivity contribution in [3.8, 4) is 0 Å². The monoisotopic (exact) mass is 435 g/mol. The van der Waals surface area contributed by atoms with Crippen LogP contribution in [0, 0.1) is 19.3 Å². The molecule has 0 aliphatic carbocycles. The van der Waals surface area contributed by atoms with Crippen LogP contribution in [0.3, 0.4) is 0 Å². The van der Waals surface area contributed by atoms with Gasteiger partial charge in [0.25, 0.3) is 0 Å². The van der Waals surface area contributed by atoms with Crippen LogP contribution >= 0.6 is 0 Å². The smallest absolute Gasteiger partial charge is 0.320 e. The van der Waals surface area contributed by atoms with E-state index >= 15 is 0 Å². The van der Waals surface area contributed by atoms with Gasteiger partial charge in [-0.3, -0.25) is 14.5 Å². The number of rotatable bonds is 21. The Morgan fingerprint density at radius 1 is 0.839 bits per heavy atom. The number of nitrogens with zero attached hydrogens (tertiary/aromatic N) is 1. The maximum absolute atomic E-state index is 12.2. The Labute approximate surface area is 193 Å². The quantitative estimate of drug-likeness (QED) is 0.114. The molecule has 0 amide bonds. The number of hydrogen-bond acceptors (Lipinski definition) is 4. The van der Waals surface area contributed by atoms with E-state index in [9.17, 15) is 9.59 Å². The van der Waals surface area contributed by atoms with Crippen LogP contribution in [-0.2, 0) is 14.3 Å². The van der Waals surface area contributed by atoms with Crippen molar-refractivity contribution >= 4 is 11.8 Å². The highest BCUT2D eigenvalue weighted by molar-refractivity contribution is 5.79. The second kappa shape index (κ2) is 19.5. The molecule has 31 heavy (non-hydrogen) atoms. The third kappa shape index (κ3) is 21.8. The molecule has 0 aromatic carbocycles. The number of Topliss-reactive ketones (excluding diaryl/α,β-unsaturated/α-hetero) is 1. The lowest BCUT2D eigenvalue weighted by Gasteiger charge is -2.23. The second-order valence-electron chi connectivity index (χ2n) is 9.45. The van der Waals surface area contributed by atoms with Crippen molar-refractivity contribution in [2.75, 3.05) is 27.2 Å². The summed E-state index contributed by atoms with van der Waals surface area (Å²) < 4.78 is 5.19. The normalized spacial score (nSPS) is 12.1. The van der Waals surface area contributed by atoms with E-state index in [1.807, 2.05) is 0 Å². The van der Waals surface area contributed by atoms with Crippen molar-refractivity contribution < 1.29 is 14.3 Å². The summed E-state index contributed by atoms with van der Waals surface area (Å²) in [6.07, 6.45) is 21.7. The molecule has 4 heteroatoms. The van der Waals surface area contributed by atoms with Gasteiger partial charge in [-0.25, -0.2) is 0 Å². The van der Waals surface area contributed by atoms with E-state index in [4.69, 9.17) is 4.74 Å². The minimum Gasteiger partial charge on any atom is -0.464 e. The molecule has 0 fully saturated rings. The van der Waals surface area contributed by atoms with Crippen LogP contribution in [0.5, 0.6) is 0 Å². The molecule has 0 N–H and O–H groups in total. The first-order chi connectivity index (χ1) is 14.8. The number of carbonyl (C=O) groups excluding carboxylic acids is 2. The highest BCUT2D eigenvalue weighted by atomic mass is 16.5. The number of unbranched alkanes of at least 4 members (excludes halogenated alkanes) is 11. The molecular formula is C27H49NO3. The maximum Gasteiger partial charge on any atom is 0.320 e. The average molecular weight is 436 g/mol. The summed E-state index contributed by atoms with van der Waals surface area (Å²) in [4.78, 5) is 25.5. The van der Waals surface area contributed by atoms with E-state index in [0.717, 1.165) is 12.8 Å². The Kier molecular flexibility index (Phi) is 18.8. The molecule has 180 valence electrons. The predicted molar refractivity (Wildman–Crippen MR) is 132 cm³/mol. The van der Waals surface area contributed by atoms with Crippen molar-refractivity contribution in [2.45, 2.75) is 103 Å². The Hall–Kier alpha value is -1.16. The van der Waals surface area contributed by atoms with Crippen LogP contribution < -0.4 is 0 Å². The topological polar surface area (TPSA) is 46.6 Å². The molecule has 0 bridgehead atoms. The molecule has 2 radical (unpaired) electrons. The van der Waals surface area contributed by atoms with Crippen LogP contribution in [-0.4, -0.2) is 43.9 Å². The standard InChI is InChI=1S/C27H49NO3/c1-6-7-8-9-10-11-12-13-14-15-16-17-18-19-20-21-25(29)22-27(2,3)24-31-26(30)23-28(4)5/h13-14H,2-3,6-12,15-24H2,1,4-5H3/b14-13-. The molecule has 0 saturated heterocycles. The summed E-state index contributed by atoms with van der Waals surface area (Å²) in [7, 11) is 3.61. The largest absolute Gasteiger partial charge is 0.464 e. The van der Waals surface area contributed by atoms with Crippen molar-refractivity contribution in [3.63, 3.8) is 0 Å². The Morgan fingerprint density at radius 2 is 1.35 bits per heavy atom. The molecule has 0 rings (SSSR count). The number of esters is 1. The first-order valence-electron chi connectivity index (χ1n) is 12.4. The lowest BCUT2D eigenvalue weighted by atomic mass is 9.87. The molecule has 0 heterocycles. The average Bonchev–Trinajstić information content (AvgIpc) is 2.68. The van der Waals surface area contributed by atoms with Crippen molar-refractivity contribution in [2.24, 2.45) is 5.41 Å². The van der Waals surface area contributed by atoms with Crippen molar-refractivity contribution in [3.05, 3.63) is 26.0 Å². The zero-order chi connectivity index (χ0) is 23.4. The molecule has 0 unspecified atom stereocenters. The SMILES string of the molecule is [CH2]C([CH2])(COC(=O)CN(C)C)CC(=O)CCCCCCC/C=C\CCCCCCCC. The van der Waals surface area contributed by atoms with Gasteiger partial charge in [0.15, 0.2) is 0 Å². The van der Waals surface area contributed by atoms with Crippen LogP contribution in [0.1, 0.15) is 103 Å². The molecule has 0 aromatic heterocycles. The number of likely N-dealkylation sites (N-methyl/N-ethyl adjacent to an activating group) is 1. The van der Waals surface area contributed by atoms with E-state index in [2.05, 4.69) is 32.9 Å². The fraction of sp³-hybridized carbons (Fsp3) is 0.778. The summed E-state index contributed by atoms with van der Waals surface area (Å²) in [5.74, 6) is -0.155. The summed E-state index contributed by atoms with van der Waals surface area (Å²) >= 11 is 0. The fourth-order valence-corrected chi connectivity index (χ4v) is 3.49. The van der Waals surface area contributed by atoms with E-state index in [-0.39, 0.29) is 31.3 Å². The van der Waals surface area contributed by atoms with Crippen LogP contribution in [0.2, 0.25) is 0 Å². The minimum atomic E-state index is -0.791. The van der Waals surface area contributed by atoms with Gasteiger partial charge in [-0.1, -0.05) is 70.4 Å². The molecule has 0 saturated carbocycles. The van der Waals surface area contributed by atoms with Gasteiger partial charge in [-0.05, 0) is 60.0 Å². The van der Waals surface area contributed by atoms with Crippen LogP contribution in [0.4, 0.5) is 0 Å². The fourth-order valence-electron chi connectivity index (χ4n) is 3.49. The molecule has 0 spiro atoms. The van der Waals surface area contributed by atoms with Gasteiger partial charge in [0.1, 0.15) is 5.78 Å². The van der Waals surface area contributed by atoms with Gasteiger partial charge < -0.3 is 4.74 Å². The van der Waals surface area contributed by atoms with Gasteiger partial charge in [-0.15, -0.1) is 0 Å². The molecular weight excluding hydrogens is 386 g/mol. The first-order valence-corrected chi connectivity index (χ1v) is 12.4. The third-order valence-electron chi connectivity index (χ3n) is 5.27. The van der Waals surface area contributed by atoms with Gasteiger partial charge in [0.2, 0.25) is 0 Å². The Balaban J connectivity index is 3.58. The third-order valence-corrected chi connectivity index (χ3v) is 5.27. The second-order valence-corrected chi connectivity index (χ2v) is 9.45. The van der Waals surface area contributed by atoms with E-state index in [1.165, 1.54) is 70.6 Å². The summed E-state index contributed by atoms with van der Waals surface area (Å²) in [6.45, 7) is 10.5. The van der Waals surface area contributed by atoms with Gasteiger partial charge in [-0.2, -0.15) is 0 Å². The number of carbonyl (C=O) groups is 2. The van der Waals surface area contributed by atoms with Gasteiger partial charge in [0.05, 0.1) is 13.2 Å². The highest BCUT2D eigenvalue weighted by Crippen LogP contribution is 2.22. The number of ether oxygens (including phenoxy) is 1. The number of allylic oxidation sites excluding steroid dienone is 2.